The van der Waals surface area contributed by atoms with E-state index in [1.807, 2.05) is 16.8 Å². The van der Waals surface area contributed by atoms with Gasteiger partial charge in [-0.1, -0.05) is 18.6 Å². The first-order valence-corrected chi connectivity index (χ1v) is 10.5. The molecule has 1 aromatic carbocycles. The predicted molar refractivity (Wildman–Crippen MR) is 112 cm³/mol. The summed E-state index contributed by atoms with van der Waals surface area (Å²) in [6, 6.07) is 4.46. The van der Waals surface area contributed by atoms with E-state index >= 15 is 0 Å². The average Bonchev–Trinajstić information content (AvgIpc) is 3.32. The zero-order valence-electron chi connectivity index (χ0n) is 17.2. The van der Waals surface area contributed by atoms with E-state index in [0.29, 0.717) is 23.2 Å². The lowest BCUT2D eigenvalue weighted by Gasteiger charge is -2.27. The standard InChI is InChI=1S/C24H23N3O4/c1-2-17-14-26(15-25-17)12-5-3-4-7-16-8-6-9-19-22(16)24(31)27(23(19)30)20-11-10-18(28)13-21(20)29/h1,6,8-9,14-15,20H,3-5,7,10-13H2. The van der Waals surface area contributed by atoms with Gasteiger partial charge < -0.3 is 4.57 Å². The number of carbonyl (C=O) groups is 4. The Labute approximate surface area is 180 Å². The van der Waals surface area contributed by atoms with Crippen LogP contribution in [0.15, 0.2) is 30.7 Å². The van der Waals surface area contributed by atoms with E-state index in [0.717, 1.165) is 36.3 Å². The number of rotatable bonds is 7. The fourth-order valence-corrected chi connectivity index (χ4v) is 4.34. The van der Waals surface area contributed by atoms with Crippen LogP contribution in [0.4, 0.5) is 0 Å². The van der Waals surface area contributed by atoms with Crippen LogP contribution in [-0.2, 0) is 22.6 Å². The lowest BCUT2D eigenvalue weighted by Crippen LogP contribution is -2.47. The minimum Gasteiger partial charge on any atom is -0.336 e. The normalized spacial score (nSPS) is 18.4. The number of Topliss-reactive ketones (excluding diaryl/α,β-unsaturated/α-hetero) is 2. The van der Waals surface area contributed by atoms with Gasteiger partial charge in [0.15, 0.2) is 5.78 Å². The lowest BCUT2D eigenvalue weighted by molar-refractivity contribution is -0.132. The number of unbranched alkanes of at least 4 members (excludes halogenated alkanes) is 2. The molecule has 2 heterocycles. The lowest BCUT2D eigenvalue weighted by atomic mass is 9.92. The van der Waals surface area contributed by atoms with Crippen LogP contribution < -0.4 is 0 Å². The Morgan fingerprint density at radius 2 is 1.94 bits per heavy atom. The van der Waals surface area contributed by atoms with E-state index in [4.69, 9.17) is 6.42 Å². The number of carbonyl (C=O) groups excluding carboxylic acids is 4. The second kappa shape index (κ2) is 8.68. The third kappa shape index (κ3) is 4.06. The molecule has 0 N–H and O–H groups in total. The summed E-state index contributed by atoms with van der Waals surface area (Å²) >= 11 is 0. The summed E-state index contributed by atoms with van der Waals surface area (Å²) in [5, 5.41) is 0. The number of imide groups is 1. The summed E-state index contributed by atoms with van der Waals surface area (Å²) in [6.07, 6.45) is 12.5. The van der Waals surface area contributed by atoms with Gasteiger partial charge in [-0.3, -0.25) is 24.1 Å². The Balaban J connectivity index is 1.39. The summed E-state index contributed by atoms with van der Waals surface area (Å²) in [5.74, 6) is 1.17. The molecular formula is C24H23N3O4. The van der Waals surface area contributed by atoms with E-state index < -0.39 is 17.9 Å². The molecule has 0 spiro atoms. The summed E-state index contributed by atoms with van der Waals surface area (Å²) in [4.78, 5) is 55.0. The summed E-state index contributed by atoms with van der Waals surface area (Å²) < 4.78 is 1.96. The van der Waals surface area contributed by atoms with Gasteiger partial charge in [-0.15, -0.1) is 6.42 Å². The minimum absolute atomic E-state index is 0.134. The summed E-state index contributed by atoms with van der Waals surface area (Å²) in [5.41, 5.74) is 2.21. The molecule has 0 saturated heterocycles. The van der Waals surface area contributed by atoms with Gasteiger partial charge >= 0.3 is 0 Å². The maximum atomic E-state index is 13.1. The quantitative estimate of drug-likeness (QED) is 0.299. The number of hydrogen-bond donors (Lipinski definition) is 0. The van der Waals surface area contributed by atoms with Crippen LogP contribution in [-0.4, -0.2) is 43.9 Å². The van der Waals surface area contributed by atoms with Crippen molar-refractivity contribution in [2.24, 2.45) is 0 Å². The topological polar surface area (TPSA) is 89.3 Å². The molecule has 4 rings (SSSR count). The molecule has 0 bridgehead atoms. The van der Waals surface area contributed by atoms with E-state index in [9.17, 15) is 19.2 Å². The SMILES string of the molecule is C#Cc1cn(CCCCCc2cccc3c2C(=O)N(C2CCC(=O)CC2=O)C3=O)cn1. The Hall–Kier alpha value is -3.53. The van der Waals surface area contributed by atoms with Crippen molar-refractivity contribution in [3.05, 3.63) is 53.1 Å². The van der Waals surface area contributed by atoms with Crippen LogP contribution >= 0.6 is 0 Å². The molecule has 2 aromatic rings. The molecule has 1 unspecified atom stereocenters. The van der Waals surface area contributed by atoms with Crippen molar-refractivity contribution in [2.45, 2.75) is 57.5 Å². The molecule has 2 aliphatic rings. The number of hydrogen-bond acceptors (Lipinski definition) is 5. The molecule has 2 amide bonds. The third-order valence-corrected chi connectivity index (χ3v) is 5.93. The molecule has 1 aliphatic heterocycles. The molecule has 7 nitrogen and oxygen atoms in total. The van der Waals surface area contributed by atoms with Crippen molar-refractivity contribution in [1.29, 1.82) is 0 Å². The highest BCUT2D eigenvalue weighted by Crippen LogP contribution is 2.31. The Morgan fingerprint density at radius 1 is 1.10 bits per heavy atom. The molecule has 1 aromatic heterocycles. The van der Waals surface area contributed by atoms with E-state index in [-0.39, 0.29) is 30.8 Å². The number of terminal acetylenes is 1. The smallest absolute Gasteiger partial charge is 0.262 e. The number of ketones is 2. The first-order valence-electron chi connectivity index (χ1n) is 10.5. The maximum absolute atomic E-state index is 13.1. The van der Waals surface area contributed by atoms with Crippen LogP contribution in [0.25, 0.3) is 0 Å². The van der Waals surface area contributed by atoms with Gasteiger partial charge in [0, 0.05) is 19.2 Å². The van der Waals surface area contributed by atoms with Crippen molar-refractivity contribution in [1.82, 2.24) is 14.5 Å². The summed E-state index contributed by atoms with van der Waals surface area (Å²) in [6.45, 7) is 0.815. The van der Waals surface area contributed by atoms with Crippen molar-refractivity contribution in [3.63, 3.8) is 0 Å². The van der Waals surface area contributed by atoms with Crippen LogP contribution in [0.5, 0.6) is 0 Å². The first kappa shape index (κ1) is 20.7. The van der Waals surface area contributed by atoms with Gasteiger partial charge in [0.2, 0.25) is 0 Å². The van der Waals surface area contributed by atoms with Crippen LogP contribution in [0, 0.1) is 12.3 Å². The predicted octanol–water partition coefficient (Wildman–Crippen LogP) is 2.56. The largest absolute Gasteiger partial charge is 0.336 e. The number of benzene rings is 1. The highest BCUT2D eigenvalue weighted by molar-refractivity contribution is 6.24. The van der Waals surface area contributed by atoms with Gasteiger partial charge in [-0.2, -0.15) is 0 Å². The molecule has 0 radical (unpaired) electrons. The van der Waals surface area contributed by atoms with Crippen molar-refractivity contribution >= 4 is 23.4 Å². The number of amides is 2. The van der Waals surface area contributed by atoms with Crippen LogP contribution in [0.2, 0.25) is 0 Å². The zero-order chi connectivity index (χ0) is 22.0. The van der Waals surface area contributed by atoms with Gasteiger partial charge in [0.25, 0.3) is 11.8 Å². The number of aryl methyl sites for hydroxylation is 2. The molecule has 7 heteroatoms. The van der Waals surface area contributed by atoms with Gasteiger partial charge in [0.05, 0.1) is 29.9 Å². The minimum atomic E-state index is -0.832. The molecule has 1 saturated carbocycles. The van der Waals surface area contributed by atoms with E-state index in [2.05, 4.69) is 10.9 Å². The molecule has 1 aliphatic carbocycles. The van der Waals surface area contributed by atoms with E-state index in [1.165, 1.54) is 0 Å². The van der Waals surface area contributed by atoms with Crippen LogP contribution in [0.1, 0.15) is 70.5 Å². The highest BCUT2D eigenvalue weighted by atomic mass is 16.2. The average molecular weight is 417 g/mol. The number of nitrogens with zero attached hydrogens (tertiary/aromatic N) is 3. The Bertz CT molecular complexity index is 1110. The van der Waals surface area contributed by atoms with Crippen LogP contribution in [0.3, 0.4) is 0 Å². The number of aromatic nitrogens is 2. The maximum Gasteiger partial charge on any atom is 0.262 e. The second-order valence-corrected chi connectivity index (χ2v) is 8.01. The van der Waals surface area contributed by atoms with Crippen molar-refractivity contribution < 1.29 is 19.2 Å². The Morgan fingerprint density at radius 3 is 2.68 bits per heavy atom. The zero-order valence-corrected chi connectivity index (χ0v) is 17.2. The molecule has 1 fully saturated rings. The van der Waals surface area contributed by atoms with Crippen molar-refractivity contribution in [2.75, 3.05) is 0 Å². The fraction of sp³-hybridized carbons (Fsp3) is 0.375. The molecular weight excluding hydrogens is 394 g/mol. The Kier molecular flexibility index (Phi) is 5.81. The van der Waals surface area contributed by atoms with Gasteiger partial charge in [-0.05, 0) is 43.2 Å². The van der Waals surface area contributed by atoms with Gasteiger partial charge in [-0.25, -0.2) is 4.98 Å². The van der Waals surface area contributed by atoms with E-state index in [1.54, 1.807) is 18.5 Å². The monoisotopic (exact) mass is 417 g/mol. The molecule has 1 atom stereocenters. The molecule has 158 valence electrons. The highest BCUT2D eigenvalue weighted by Gasteiger charge is 2.45. The first-order chi connectivity index (χ1) is 15.0. The summed E-state index contributed by atoms with van der Waals surface area (Å²) in [7, 11) is 0. The second-order valence-electron chi connectivity index (χ2n) is 8.01. The van der Waals surface area contributed by atoms with Gasteiger partial charge in [0.1, 0.15) is 11.5 Å². The number of fused-ring (bicyclic) bond motifs is 1. The van der Waals surface area contributed by atoms with Crippen molar-refractivity contribution in [3.8, 4) is 12.3 Å². The molecule has 31 heavy (non-hydrogen) atoms. The fourth-order valence-electron chi connectivity index (χ4n) is 4.34. The third-order valence-electron chi connectivity index (χ3n) is 5.93. The number of imidazole rings is 1.